The average Bonchev–Trinajstić information content (AvgIpc) is 2.44. The molecule has 0 bridgehead atoms. The molecular formula is C15H20O4. The molecule has 104 valence electrons. The molecule has 0 heterocycles. The Balaban J connectivity index is 5.26. The molecule has 0 spiro atoms. The lowest BCUT2D eigenvalue weighted by atomic mass is 9.91. The predicted molar refractivity (Wildman–Crippen MR) is 73.5 cm³/mol. The summed E-state index contributed by atoms with van der Waals surface area (Å²) in [5, 5.41) is 0. The second-order valence-electron chi connectivity index (χ2n) is 4.03. The molecule has 2 unspecified atom stereocenters. The van der Waals surface area contributed by atoms with E-state index in [1.807, 2.05) is 0 Å². The van der Waals surface area contributed by atoms with E-state index in [9.17, 15) is 14.4 Å². The minimum atomic E-state index is -1.14. The summed E-state index contributed by atoms with van der Waals surface area (Å²) in [5.41, 5.74) is 0.378. The number of hydrogen-bond acceptors (Lipinski definition) is 4. The molecule has 0 aliphatic rings. The van der Waals surface area contributed by atoms with E-state index in [0.29, 0.717) is 12.0 Å². The molecular weight excluding hydrogens is 244 g/mol. The van der Waals surface area contributed by atoms with Gasteiger partial charge in [0.05, 0.1) is 5.92 Å². The molecule has 0 fully saturated rings. The van der Waals surface area contributed by atoms with Crippen LogP contribution in [0.25, 0.3) is 0 Å². The molecule has 0 radical (unpaired) electrons. The van der Waals surface area contributed by atoms with E-state index in [1.54, 1.807) is 26.8 Å². The Morgan fingerprint density at radius 2 is 1.68 bits per heavy atom. The van der Waals surface area contributed by atoms with Crippen molar-refractivity contribution in [1.29, 1.82) is 0 Å². The molecule has 0 saturated carbocycles. The lowest BCUT2D eigenvalue weighted by Crippen LogP contribution is -2.37. The molecule has 4 nitrogen and oxygen atoms in total. The minimum absolute atomic E-state index is 0.325. The summed E-state index contributed by atoms with van der Waals surface area (Å²) in [6, 6.07) is 0. The van der Waals surface area contributed by atoms with Crippen molar-refractivity contribution < 1.29 is 19.1 Å². The van der Waals surface area contributed by atoms with Gasteiger partial charge < -0.3 is 4.74 Å². The van der Waals surface area contributed by atoms with Crippen LogP contribution in [0, 0.1) is 5.92 Å². The molecule has 0 rings (SSSR count). The van der Waals surface area contributed by atoms with Crippen LogP contribution in [-0.2, 0) is 19.1 Å². The Labute approximate surface area is 113 Å². The van der Waals surface area contributed by atoms with Crippen molar-refractivity contribution in [2.45, 2.75) is 33.3 Å². The summed E-state index contributed by atoms with van der Waals surface area (Å²) in [4.78, 5) is 35.2. The quantitative estimate of drug-likeness (QED) is 0.499. The first-order valence-electron chi connectivity index (χ1n) is 6.09. The number of allylic oxidation sites excluding steroid dienone is 2. The zero-order valence-corrected chi connectivity index (χ0v) is 11.6. The van der Waals surface area contributed by atoms with Crippen molar-refractivity contribution in [3.05, 3.63) is 37.0 Å². The van der Waals surface area contributed by atoms with Gasteiger partial charge >= 0.3 is 5.97 Å². The summed E-state index contributed by atoms with van der Waals surface area (Å²) in [6.07, 6.45) is 3.00. The van der Waals surface area contributed by atoms with Gasteiger partial charge in [-0.05, 0) is 32.4 Å². The molecule has 4 heteroatoms. The van der Waals surface area contributed by atoms with E-state index < -0.39 is 23.8 Å². The van der Waals surface area contributed by atoms with Gasteiger partial charge in [0.1, 0.15) is 0 Å². The van der Waals surface area contributed by atoms with E-state index in [4.69, 9.17) is 4.74 Å². The van der Waals surface area contributed by atoms with Gasteiger partial charge in [0.25, 0.3) is 0 Å². The molecule has 0 aromatic carbocycles. The number of ether oxygens (including phenoxy) is 1. The normalized spacial score (nSPS) is 14.2. The van der Waals surface area contributed by atoms with Gasteiger partial charge in [-0.3, -0.25) is 9.59 Å². The summed E-state index contributed by atoms with van der Waals surface area (Å²) < 4.78 is 5.14. The monoisotopic (exact) mass is 264 g/mol. The van der Waals surface area contributed by atoms with Crippen molar-refractivity contribution in [2.75, 3.05) is 0 Å². The van der Waals surface area contributed by atoms with Crippen molar-refractivity contribution in [3.63, 3.8) is 0 Å². The van der Waals surface area contributed by atoms with E-state index in [-0.39, 0.29) is 5.78 Å². The zero-order chi connectivity index (χ0) is 15.0. The lowest BCUT2D eigenvalue weighted by molar-refractivity contribution is -0.154. The molecule has 0 aliphatic heterocycles. The van der Waals surface area contributed by atoms with Gasteiger partial charge in [-0.25, -0.2) is 4.79 Å². The fourth-order valence-electron chi connectivity index (χ4n) is 1.50. The highest BCUT2D eigenvalue weighted by molar-refractivity contribution is 6.02. The first-order valence-corrected chi connectivity index (χ1v) is 6.09. The van der Waals surface area contributed by atoms with Crippen molar-refractivity contribution in [2.24, 2.45) is 5.92 Å². The zero-order valence-electron chi connectivity index (χ0n) is 11.6. The van der Waals surface area contributed by atoms with Crippen LogP contribution < -0.4 is 0 Å². The summed E-state index contributed by atoms with van der Waals surface area (Å²) in [6.45, 7) is 11.8. The number of esters is 1. The smallest absolute Gasteiger partial charge is 0.334 e. The van der Waals surface area contributed by atoms with Crippen molar-refractivity contribution >= 4 is 17.5 Å². The Hall–Kier alpha value is -1.97. The summed E-state index contributed by atoms with van der Waals surface area (Å²) >= 11 is 0. The van der Waals surface area contributed by atoms with Gasteiger partial charge in [0.15, 0.2) is 17.7 Å². The molecule has 2 atom stereocenters. The number of carbonyl (C=O) groups is 3. The van der Waals surface area contributed by atoms with E-state index in [2.05, 4.69) is 13.2 Å². The number of rotatable bonds is 8. The van der Waals surface area contributed by atoms with Gasteiger partial charge in [-0.15, -0.1) is 0 Å². The van der Waals surface area contributed by atoms with E-state index in [1.165, 1.54) is 0 Å². The molecule has 0 aromatic rings. The lowest BCUT2D eigenvalue weighted by Gasteiger charge is -2.22. The molecule has 0 amide bonds. The molecule has 0 aliphatic carbocycles. The maximum absolute atomic E-state index is 11.8. The highest BCUT2D eigenvalue weighted by Crippen LogP contribution is 2.17. The van der Waals surface area contributed by atoms with Crippen LogP contribution in [0.5, 0.6) is 0 Å². The fraction of sp³-hybridized carbons (Fsp3) is 0.400. The first-order chi connectivity index (χ1) is 8.92. The van der Waals surface area contributed by atoms with Crippen LogP contribution in [0.15, 0.2) is 37.0 Å². The van der Waals surface area contributed by atoms with Crippen LogP contribution in [0.1, 0.15) is 27.2 Å². The van der Waals surface area contributed by atoms with Gasteiger partial charge in [0.2, 0.25) is 0 Å². The second-order valence-corrected chi connectivity index (χ2v) is 4.03. The third-order valence-corrected chi connectivity index (χ3v) is 2.84. The summed E-state index contributed by atoms with van der Waals surface area (Å²) in [5.74, 6) is -2.15. The SMILES string of the molecule is C=CC(=O)C(CC)C(OC(=O)/C(C)=C/C)C(=O)C=C. The number of hydrogen-bond donors (Lipinski definition) is 0. The minimum Gasteiger partial charge on any atom is -0.450 e. The van der Waals surface area contributed by atoms with E-state index in [0.717, 1.165) is 12.2 Å². The van der Waals surface area contributed by atoms with Crippen molar-refractivity contribution in [3.8, 4) is 0 Å². The third kappa shape index (κ3) is 4.66. The average molecular weight is 264 g/mol. The Kier molecular flexibility index (Phi) is 7.34. The van der Waals surface area contributed by atoms with Crippen LogP contribution in [0.2, 0.25) is 0 Å². The third-order valence-electron chi connectivity index (χ3n) is 2.84. The largest absolute Gasteiger partial charge is 0.450 e. The van der Waals surface area contributed by atoms with Gasteiger partial charge in [-0.1, -0.05) is 26.2 Å². The summed E-state index contributed by atoms with van der Waals surface area (Å²) in [7, 11) is 0. The first kappa shape index (κ1) is 17.0. The fourth-order valence-corrected chi connectivity index (χ4v) is 1.50. The molecule has 0 saturated heterocycles. The molecule has 0 aromatic heterocycles. The van der Waals surface area contributed by atoms with Crippen LogP contribution in [0.3, 0.4) is 0 Å². The van der Waals surface area contributed by atoms with Crippen LogP contribution >= 0.6 is 0 Å². The molecule has 0 N–H and O–H groups in total. The van der Waals surface area contributed by atoms with Gasteiger partial charge in [-0.2, -0.15) is 0 Å². The maximum atomic E-state index is 11.8. The van der Waals surface area contributed by atoms with Crippen molar-refractivity contribution in [1.82, 2.24) is 0 Å². The van der Waals surface area contributed by atoms with Crippen LogP contribution in [0.4, 0.5) is 0 Å². The Morgan fingerprint density at radius 1 is 1.16 bits per heavy atom. The van der Waals surface area contributed by atoms with Crippen LogP contribution in [-0.4, -0.2) is 23.6 Å². The maximum Gasteiger partial charge on any atom is 0.334 e. The highest BCUT2D eigenvalue weighted by Gasteiger charge is 2.33. The number of carbonyl (C=O) groups excluding carboxylic acids is 3. The standard InChI is InChI=1S/C15H20O4/c1-6-10(5)15(18)19-14(13(17)9-4)11(7-2)12(16)8-3/h6,8-9,11,14H,3-4,7H2,1-2,5H3/b10-6+. The van der Waals surface area contributed by atoms with E-state index >= 15 is 0 Å². The van der Waals surface area contributed by atoms with Gasteiger partial charge in [0, 0.05) is 5.57 Å². The number of ketones is 2. The Bertz CT molecular complexity index is 418. The molecule has 19 heavy (non-hydrogen) atoms. The Morgan fingerprint density at radius 3 is 2.05 bits per heavy atom. The predicted octanol–water partition coefficient (Wildman–Crippen LogP) is 2.40. The topological polar surface area (TPSA) is 60.4 Å². The highest BCUT2D eigenvalue weighted by atomic mass is 16.5. The second kappa shape index (κ2) is 8.19.